The first-order valence-electron chi connectivity index (χ1n) is 11.1. The van der Waals surface area contributed by atoms with Crippen LogP contribution in [0.15, 0.2) is 61.2 Å². The summed E-state index contributed by atoms with van der Waals surface area (Å²) < 4.78 is 11.8. The average molecular weight is 479 g/mol. The summed E-state index contributed by atoms with van der Waals surface area (Å²) in [4.78, 5) is 53.5. The number of carbonyl (C=O) groups excluding carboxylic acids is 4. The summed E-state index contributed by atoms with van der Waals surface area (Å²) in [7, 11) is 0. The van der Waals surface area contributed by atoms with Crippen molar-refractivity contribution in [3.05, 3.63) is 77.9 Å². The van der Waals surface area contributed by atoms with Gasteiger partial charge in [0.25, 0.3) is 5.91 Å². The van der Waals surface area contributed by atoms with Crippen LogP contribution in [-0.2, 0) is 20.8 Å². The molecule has 0 radical (unpaired) electrons. The Morgan fingerprint density at radius 1 is 0.857 bits per heavy atom. The van der Waals surface area contributed by atoms with Crippen molar-refractivity contribution < 1.29 is 28.7 Å². The molecule has 0 aliphatic rings. The minimum atomic E-state index is -0.630. The van der Waals surface area contributed by atoms with Crippen LogP contribution >= 0.6 is 0 Å². The molecule has 35 heavy (non-hydrogen) atoms. The van der Waals surface area contributed by atoms with Crippen molar-refractivity contribution in [3.8, 4) is 0 Å². The number of nitrogens with zero attached hydrogens (tertiary/aromatic N) is 2. The molecule has 10 heteroatoms. The molecule has 10 nitrogen and oxygen atoms in total. The third kappa shape index (κ3) is 7.26. The maximum Gasteiger partial charge on any atom is 0.338 e. The van der Waals surface area contributed by atoms with Gasteiger partial charge in [-0.3, -0.25) is 9.59 Å². The molecule has 2 amide bonds. The number of amides is 2. The number of anilines is 2. The molecule has 3 aromatic rings. The lowest BCUT2D eigenvalue weighted by Gasteiger charge is -2.11. The summed E-state index contributed by atoms with van der Waals surface area (Å²) in [6.45, 7) is 4.13. The highest BCUT2D eigenvalue weighted by Crippen LogP contribution is 2.19. The Balaban J connectivity index is 1.73. The maximum absolute atomic E-state index is 12.9. The first-order chi connectivity index (χ1) is 16.9. The molecule has 1 aromatic heterocycles. The van der Waals surface area contributed by atoms with Gasteiger partial charge in [-0.25, -0.2) is 14.6 Å². The van der Waals surface area contributed by atoms with Gasteiger partial charge in [-0.2, -0.15) is 0 Å². The minimum Gasteiger partial charge on any atom is -0.462 e. The molecule has 0 atom stereocenters. The third-order valence-electron chi connectivity index (χ3n) is 4.78. The van der Waals surface area contributed by atoms with E-state index < -0.39 is 17.8 Å². The monoisotopic (exact) mass is 478 g/mol. The normalized spacial score (nSPS) is 10.3. The molecule has 0 spiro atoms. The second kappa shape index (κ2) is 12.1. The van der Waals surface area contributed by atoms with E-state index in [1.807, 2.05) is 0 Å². The van der Waals surface area contributed by atoms with Crippen molar-refractivity contribution in [3.63, 3.8) is 0 Å². The van der Waals surface area contributed by atoms with Gasteiger partial charge in [0.2, 0.25) is 5.91 Å². The highest BCUT2D eigenvalue weighted by Gasteiger charge is 2.17. The number of rotatable bonds is 10. The molecule has 0 saturated heterocycles. The van der Waals surface area contributed by atoms with Crippen molar-refractivity contribution in [1.82, 2.24) is 9.55 Å². The van der Waals surface area contributed by atoms with E-state index in [1.165, 1.54) is 24.3 Å². The SMILES string of the molecule is CCOC(=O)c1cc(NC(=O)c2cccc(NC(=O)CCn3ccnc3)c2)cc(C(=O)OCC)c1. The number of hydrogen-bond acceptors (Lipinski definition) is 7. The lowest BCUT2D eigenvalue weighted by atomic mass is 10.1. The summed E-state index contributed by atoms with van der Waals surface area (Å²) in [6, 6.07) is 10.6. The Morgan fingerprint density at radius 3 is 2.11 bits per heavy atom. The van der Waals surface area contributed by atoms with Gasteiger partial charge < -0.3 is 24.7 Å². The highest BCUT2D eigenvalue weighted by atomic mass is 16.5. The molecular weight excluding hydrogens is 452 g/mol. The quantitative estimate of drug-likeness (QED) is 0.427. The van der Waals surface area contributed by atoms with Gasteiger partial charge in [-0.1, -0.05) is 6.07 Å². The average Bonchev–Trinajstić information content (AvgIpc) is 3.37. The van der Waals surface area contributed by atoms with E-state index in [-0.39, 0.29) is 47.9 Å². The van der Waals surface area contributed by atoms with Gasteiger partial charge in [0.05, 0.1) is 30.7 Å². The number of carbonyl (C=O) groups is 4. The number of benzene rings is 2. The van der Waals surface area contributed by atoms with E-state index in [4.69, 9.17) is 9.47 Å². The lowest BCUT2D eigenvalue weighted by molar-refractivity contribution is -0.116. The Bertz CT molecular complexity index is 1170. The van der Waals surface area contributed by atoms with Crippen LogP contribution in [0.2, 0.25) is 0 Å². The smallest absolute Gasteiger partial charge is 0.338 e. The first kappa shape index (κ1) is 25.2. The van der Waals surface area contributed by atoms with Gasteiger partial charge in [0, 0.05) is 42.3 Å². The second-order valence-electron chi connectivity index (χ2n) is 7.37. The summed E-state index contributed by atoms with van der Waals surface area (Å²) in [5.74, 6) is -1.96. The summed E-state index contributed by atoms with van der Waals surface area (Å²) in [5.41, 5.74) is 1.16. The number of imidazole rings is 1. The molecule has 0 aliphatic heterocycles. The Morgan fingerprint density at radius 2 is 1.51 bits per heavy atom. The molecule has 0 saturated carbocycles. The van der Waals surface area contributed by atoms with Crippen LogP contribution in [0, 0.1) is 0 Å². The predicted octanol–water partition coefficient (Wildman–Crippen LogP) is 3.52. The third-order valence-corrected chi connectivity index (χ3v) is 4.78. The van der Waals surface area contributed by atoms with Crippen LogP contribution in [0.4, 0.5) is 11.4 Å². The zero-order valence-corrected chi connectivity index (χ0v) is 19.4. The van der Waals surface area contributed by atoms with Crippen LogP contribution in [0.1, 0.15) is 51.3 Å². The lowest BCUT2D eigenvalue weighted by Crippen LogP contribution is -2.16. The van der Waals surface area contributed by atoms with E-state index in [9.17, 15) is 19.2 Å². The van der Waals surface area contributed by atoms with Gasteiger partial charge in [0.1, 0.15) is 0 Å². The van der Waals surface area contributed by atoms with Crippen molar-refractivity contribution in [2.45, 2.75) is 26.8 Å². The standard InChI is InChI=1S/C25H26N4O6/c1-3-34-24(32)18-12-19(25(33)35-4-2)15-21(14-18)28-23(31)17-6-5-7-20(13-17)27-22(30)8-10-29-11-9-26-16-29/h5-7,9,11-16H,3-4,8,10H2,1-2H3,(H,27,30)(H,28,31). The van der Waals surface area contributed by atoms with Gasteiger partial charge in [-0.15, -0.1) is 0 Å². The van der Waals surface area contributed by atoms with Crippen LogP contribution in [0.3, 0.4) is 0 Å². The minimum absolute atomic E-state index is 0.103. The molecule has 2 N–H and O–H groups in total. The zero-order chi connectivity index (χ0) is 25.2. The fraction of sp³-hybridized carbons (Fsp3) is 0.240. The van der Waals surface area contributed by atoms with Crippen LogP contribution in [0.25, 0.3) is 0 Å². The maximum atomic E-state index is 12.9. The van der Waals surface area contributed by atoms with E-state index >= 15 is 0 Å². The largest absolute Gasteiger partial charge is 0.462 e. The zero-order valence-electron chi connectivity index (χ0n) is 19.4. The summed E-state index contributed by atoms with van der Waals surface area (Å²) in [6.07, 6.45) is 5.27. The molecule has 1 heterocycles. The van der Waals surface area contributed by atoms with E-state index in [0.29, 0.717) is 12.2 Å². The van der Waals surface area contributed by atoms with Crippen molar-refractivity contribution >= 4 is 35.1 Å². The first-order valence-corrected chi connectivity index (χ1v) is 11.1. The molecular formula is C25H26N4O6. The second-order valence-corrected chi connectivity index (χ2v) is 7.37. The topological polar surface area (TPSA) is 129 Å². The number of aryl methyl sites for hydroxylation is 1. The number of hydrogen-bond donors (Lipinski definition) is 2. The molecule has 182 valence electrons. The summed E-state index contributed by atoms with van der Waals surface area (Å²) in [5, 5.41) is 5.44. The van der Waals surface area contributed by atoms with Gasteiger partial charge in [-0.05, 0) is 50.2 Å². The highest BCUT2D eigenvalue weighted by molar-refractivity contribution is 6.07. The number of aromatic nitrogens is 2. The predicted molar refractivity (Wildman–Crippen MR) is 128 cm³/mol. The molecule has 0 aliphatic carbocycles. The van der Waals surface area contributed by atoms with Gasteiger partial charge in [0.15, 0.2) is 0 Å². The van der Waals surface area contributed by atoms with Crippen LogP contribution in [0.5, 0.6) is 0 Å². The number of esters is 2. The van der Waals surface area contributed by atoms with Crippen molar-refractivity contribution in [1.29, 1.82) is 0 Å². The number of nitrogens with one attached hydrogen (secondary N) is 2. The van der Waals surface area contributed by atoms with Crippen LogP contribution in [-0.4, -0.2) is 46.5 Å². The van der Waals surface area contributed by atoms with Gasteiger partial charge >= 0.3 is 11.9 Å². The van der Waals surface area contributed by atoms with E-state index in [1.54, 1.807) is 55.3 Å². The fourth-order valence-corrected chi connectivity index (χ4v) is 3.18. The molecule has 0 unspecified atom stereocenters. The number of ether oxygens (including phenoxy) is 2. The fourth-order valence-electron chi connectivity index (χ4n) is 3.18. The van der Waals surface area contributed by atoms with E-state index in [2.05, 4.69) is 15.6 Å². The van der Waals surface area contributed by atoms with Crippen molar-refractivity contribution in [2.75, 3.05) is 23.8 Å². The van der Waals surface area contributed by atoms with Crippen molar-refractivity contribution in [2.24, 2.45) is 0 Å². The Hall–Kier alpha value is -4.47. The molecule has 0 bridgehead atoms. The summed E-state index contributed by atoms with van der Waals surface area (Å²) >= 11 is 0. The molecule has 3 rings (SSSR count). The molecule has 0 fully saturated rings. The molecule has 2 aromatic carbocycles. The Kier molecular flexibility index (Phi) is 8.71. The Labute approximate surface area is 202 Å². The van der Waals surface area contributed by atoms with E-state index in [0.717, 1.165) is 0 Å². The van der Waals surface area contributed by atoms with Crippen LogP contribution < -0.4 is 10.6 Å².